The van der Waals surface area contributed by atoms with Crippen molar-refractivity contribution in [2.24, 2.45) is 5.16 Å². The van der Waals surface area contributed by atoms with Gasteiger partial charge in [0.25, 0.3) is 5.56 Å². The first kappa shape index (κ1) is 22.4. The Morgan fingerprint density at radius 2 is 1.97 bits per heavy atom. The summed E-state index contributed by atoms with van der Waals surface area (Å²) < 4.78 is 1.58. The van der Waals surface area contributed by atoms with Crippen LogP contribution in [0.3, 0.4) is 0 Å². The zero-order valence-corrected chi connectivity index (χ0v) is 18.6. The molecule has 168 valence electrons. The first-order chi connectivity index (χ1) is 16.1. The molecule has 7 nitrogen and oxygen atoms in total. The number of hydrogen-bond donors (Lipinski definition) is 2. The van der Waals surface area contributed by atoms with Gasteiger partial charge in [-0.05, 0) is 23.3 Å². The van der Waals surface area contributed by atoms with Gasteiger partial charge in [0.15, 0.2) is 0 Å². The van der Waals surface area contributed by atoms with Gasteiger partial charge in [0.1, 0.15) is 12.4 Å². The van der Waals surface area contributed by atoms with Gasteiger partial charge in [0.2, 0.25) is 0 Å². The number of aryl methyl sites for hydroxylation is 2. The van der Waals surface area contributed by atoms with Gasteiger partial charge in [-0.1, -0.05) is 59.2 Å². The molecule has 4 aromatic rings. The van der Waals surface area contributed by atoms with Crippen LogP contribution in [0.4, 0.5) is 0 Å². The van der Waals surface area contributed by atoms with Crippen LogP contribution in [0, 0.1) is 0 Å². The number of hydrogen-bond acceptors (Lipinski definition) is 5. The molecule has 2 heterocycles. The van der Waals surface area contributed by atoms with Crippen molar-refractivity contribution in [2.75, 3.05) is 0 Å². The summed E-state index contributed by atoms with van der Waals surface area (Å²) in [6, 6.07) is 16.8. The molecule has 0 aliphatic heterocycles. The van der Waals surface area contributed by atoms with Gasteiger partial charge in [0.05, 0.1) is 23.7 Å². The smallest absolute Gasteiger partial charge is 0.257 e. The monoisotopic (exact) mass is 462 g/mol. The molecule has 0 aliphatic carbocycles. The predicted molar refractivity (Wildman–Crippen MR) is 128 cm³/mol. The summed E-state index contributed by atoms with van der Waals surface area (Å²) in [5, 5.41) is 15.5. The normalized spacial score (nSPS) is 11.2. The molecule has 0 aliphatic rings. The highest BCUT2D eigenvalue weighted by Crippen LogP contribution is 2.21. The molecule has 0 atom stereocenters. The largest absolute Gasteiger partial charge is 0.507 e. The van der Waals surface area contributed by atoms with E-state index >= 15 is 0 Å². The third-order valence-corrected chi connectivity index (χ3v) is 5.40. The highest BCUT2D eigenvalue weighted by atomic mass is 35.5. The average Bonchev–Trinajstić information content (AvgIpc) is 3.34. The molecule has 2 N–H and O–H groups in total. The number of nitrogens with one attached hydrogen (secondary N) is 1. The summed E-state index contributed by atoms with van der Waals surface area (Å²) in [6.07, 6.45) is 7.24. The van der Waals surface area contributed by atoms with Crippen LogP contribution < -0.4 is 5.56 Å². The highest BCUT2D eigenvalue weighted by molar-refractivity contribution is 6.30. The Kier molecular flexibility index (Phi) is 7.22. The lowest BCUT2D eigenvalue weighted by Gasteiger charge is -2.13. The third-order valence-electron chi connectivity index (χ3n) is 5.16. The lowest BCUT2D eigenvalue weighted by molar-refractivity contribution is 0.132. The molecule has 0 saturated carbocycles. The lowest BCUT2D eigenvalue weighted by atomic mass is 10.0. The Morgan fingerprint density at radius 3 is 2.73 bits per heavy atom. The first-order valence-corrected chi connectivity index (χ1v) is 10.8. The topological polar surface area (TPSA) is 92.5 Å². The zero-order valence-electron chi connectivity index (χ0n) is 17.8. The van der Waals surface area contributed by atoms with Crippen molar-refractivity contribution in [1.29, 1.82) is 0 Å². The number of rotatable bonds is 9. The van der Waals surface area contributed by atoms with E-state index in [1.807, 2.05) is 42.5 Å². The molecule has 2 aromatic heterocycles. The number of aromatic amines is 1. The van der Waals surface area contributed by atoms with E-state index in [0.29, 0.717) is 35.5 Å². The van der Waals surface area contributed by atoms with E-state index in [9.17, 15) is 9.90 Å². The van der Waals surface area contributed by atoms with Crippen molar-refractivity contribution >= 4 is 17.8 Å². The quantitative estimate of drug-likeness (QED) is 0.286. The molecule has 8 heteroatoms. The second-order valence-corrected chi connectivity index (χ2v) is 7.97. The van der Waals surface area contributed by atoms with Crippen molar-refractivity contribution in [3.63, 3.8) is 0 Å². The Bertz CT molecular complexity index is 1290. The Labute approximate surface area is 196 Å². The van der Waals surface area contributed by atoms with Gasteiger partial charge in [-0.3, -0.25) is 4.79 Å². The number of aromatic nitrogens is 3. The predicted octanol–water partition coefficient (Wildman–Crippen LogP) is 4.31. The Morgan fingerprint density at radius 1 is 1.15 bits per heavy atom. The molecular formula is C25H23ClN4O3. The summed E-state index contributed by atoms with van der Waals surface area (Å²) in [7, 11) is 0. The van der Waals surface area contributed by atoms with E-state index in [1.165, 1.54) is 6.21 Å². The maximum absolute atomic E-state index is 13.1. The van der Waals surface area contributed by atoms with Gasteiger partial charge in [-0.25, -0.2) is 4.98 Å². The molecule has 0 unspecified atom stereocenters. The fraction of sp³-hybridized carbons (Fsp3) is 0.160. The van der Waals surface area contributed by atoms with E-state index in [-0.39, 0.29) is 17.9 Å². The van der Waals surface area contributed by atoms with Crippen LogP contribution in [0.15, 0.2) is 83.3 Å². The molecular weight excluding hydrogens is 440 g/mol. The molecule has 0 fully saturated rings. The number of benzene rings is 2. The minimum Gasteiger partial charge on any atom is -0.507 e. The minimum atomic E-state index is -0.243. The molecule has 33 heavy (non-hydrogen) atoms. The van der Waals surface area contributed by atoms with Gasteiger partial charge in [0, 0.05) is 42.5 Å². The fourth-order valence-corrected chi connectivity index (χ4v) is 3.66. The van der Waals surface area contributed by atoms with Crippen molar-refractivity contribution in [1.82, 2.24) is 14.5 Å². The van der Waals surface area contributed by atoms with Gasteiger partial charge < -0.3 is 19.5 Å². The standard InChI is InChI=1S/C25H23ClN4O3/c26-21-8-4-7-19(11-21)16-33-29-13-20-15-30(10-9-22-14-27-17-28-22)25(32)23(24(20)31)12-18-5-2-1-3-6-18/h1-8,11,13-15,17,31H,9-10,12,16H2,(H,27,28)/b29-13+. The molecule has 0 amide bonds. The van der Waals surface area contributed by atoms with Crippen molar-refractivity contribution in [3.8, 4) is 5.75 Å². The van der Waals surface area contributed by atoms with E-state index in [1.54, 1.807) is 35.4 Å². The first-order valence-electron chi connectivity index (χ1n) is 10.5. The number of aromatic hydroxyl groups is 1. The SMILES string of the molecule is O=c1c(Cc2ccccc2)c(O)c(/C=N/OCc2cccc(Cl)c2)cn1CCc1cnc[nH]1. The van der Waals surface area contributed by atoms with Crippen LogP contribution in [-0.2, 0) is 30.8 Å². The Balaban J connectivity index is 1.59. The van der Waals surface area contributed by atoms with Gasteiger partial charge >= 0.3 is 0 Å². The van der Waals surface area contributed by atoms with Gasteiger partial charge in [-0.15, -0.1) is 0 Å². The summed E-state index contributed by atoms with van der Waals surface area (Å²) in [6.45, 7) is 0.654. The van der Waals surface area contributed by atoms with Crippen LogP contribution in [0.1, 0.15) is 27.9 Å². The number of nitrogens with zero attached hydrogens (tertiary/aromatic N) is 3. The van der Waals surface area contributed by atoms with E-state index in [0.717, 1.165) is 16.8 Å². The van der Waals surface area contributed by atoms with Crippen LogP contribution in [0.25, 0.3) is 0 Å². The number of halogens is 1. The minimum absolute atomic E-state index is 0.100. The van der Waals surface area contributed by atoms with Crippen LogP contribution in [0.5, 0.6) is 5.75 Å². The second kappa shape index (κ2) is 10.7. The van der Waals surface area contributed by atoms with Crippen LogP contribution in [0.2, 0.25) is 5.02 Å². The highest BCUT2D eigenvalue weighted by Gasteiger charge is 2.15. The molecule has 0 spiro atoms. The maximum Gasteiger partial charge on any atom is 0.257 e. The zero-order chi connectivity index (χ0) is 23.0. The molecule has 4 rings (SSSR count). The molecule has 0 radical (unpaired) electrons. The molecule has 0 saturated heterocycles. The van der Waals surface area contributed by atoms with E-state index < -0.39 is 0 Å². The summed E-state index contributed by atoms with van der Waals surface area (Å²) in [5.41, 5.74) is 3.18. The Hall–Kier alpha value is -3.84. The van der Waals surface area contributed by atoms with Gasteiger partial charge in [-0.2, -0.15) is 0 Å². The molecule has 2 aromatic carbocycles. The molecule has 0 bridgehead atoms. The van der Waals surface area contributed by atoms with Crippen LogP contribution in [-0.4, -0.2) is 25.9 Å². The third kappa shape index (κ3) is 5.90. The van der Waals surface area contributed by atoms with Crippen molar-refractivity contribution in [3.05, 3.63) is 117 Å². The van der Waals surface area contributed by atoms with E-state index in [2.05, 4.69) is 15.1 Å². The number of pyridine rings is 1. The summed E-state index contributed by atoms with van der Waals surface area (Å²) in [5.74, 6) is -0.100. The fourth-order valence-electron chi connectivity index (χ4n) is 3.45. The van der Waals surface area contributed by atoms with Crippen molar-refractivity contribution < 1.29 is 9.94 Å². The summed E-state index contributed by atoms with van der Waals surface area (Å²) in [4.78, 5) is 25.6. The second-order valence-electron chi connectivity index (χ2n) is 7.54. The number of H-pyrrole nitrogens is 1. The lowest BCUT2D eigenvalue weighted by Crippen LogP contribution is -2.25. The summed E-state index contributed by atoms with van der Waals surface area (Å²) >= 11 is 5.99. The number of imidazole rings is 1. The number of oxime groups is 1. The average molecular weight is 463 g/mol. The van der Waals surface area contributed by atoms with E-state index in [4.69, 9.17) is 16.4 Å². The van der Waals surface area contributed by atoms with Crippen LogP contribution >= 0.6 is 11.6 Å². The maximum atomic E-state index is 13.1. The van der Waals surface area contributed by atoms with Crippen molar-refractivity contribution in [2.45, 2.75) is 26.0 Å².